The van der Waals surface area contributed by atoms with Crippen LogP contribution in [0.4, 0.5) is 0 Å². The Kier molecular flexibility index (Phi) is 2.20. The summed E-state index contributed by atoms with van der Waals surface area (Å²) in [5.41, 5.74) is 3.21. The Bertz CT molecular complexity index is 290. The summed E-state index contributed by atoms with van der Waals surface area (Å²) in [6.45, 7) is 4.34. The van der Waals surface area contributed by atoms with E-state index in [1.807, 2.05) is 18.0 Å². The van der Waals surface area contributed by atoms with Crippen molar-refractivity contribution in [1.82, 2.24) is 15.8 Å². The minimum atomic E-state index is -0.888. The van der Waals surface area contributed by atoms with E-state index in [0.29, 0.717) is 6.42 Å². The van der Waals surface area contributed by atoms with Crippen molar-refractivity contribution in [2.24, 2.45) is 0 Å². The number of carboxylic acid groups (broad SMARTS) is 1. The molecule has 0 aromatic rings. The molecule has 2 rings (SSSR count). The second-order valence-corrected chi connectivity index (χ2v) is 3.71. The Hall–Kier alpha value is -1.07. The number of aliphatic carboxylic acids is 1. The second-order valence-electron chi connectivity index (χ2n) is 3.71. The Morgan fingerprint density at radius 2 is 2.57 bits per heavy atom. The number of hydrazine groups is 1. The quantitative estimate of drug-likeness (QED) is 0.558. The van der Waals surface area contributed by atoms with Crippen molar-refractivity contribution in [2.75, 3.05) is 19.6 Å². The van der Waals surface area contributed by atoms with Crippen molar-refractivity contribution < 1.29 is 9.90 Å². The lowest BCUT2D eigenvalue weighted by atomic mass is 9.97. The summed E-state index contributed by atoms with van der Waals surface area (Å²) in [7, 11) is 0. The molecule has 1 saturated heterocycles. The van der Waals surface area contributed by atoms with Gasteiger partial charge in [0.25, 0.3) is 0 Å². The van der Waals surface area contributed by atoms with Crippen LogP contribution in [0, 0.1) is 0 Å². The van der Waals surface area contributed by atoms with E-state index in [2.05, 4.69) is 10.7 Å². The average molecular weight is 197 g/mol. The molecule has 14 heavy (non-hydrogen) atoms. The molecule has 2 heterocycles. The highest BCUT2D eigenvalue weighted by Gasteiger charge is 2.42. The molecule has 0 saturated carbocycles. The van der Waals surface area contributed by atoms with Gasteiger partial charge in [-0.15, -0.1) is 0 Å². The summed E-state index contributed by atoms with van der Waals surface area (Å²) in [4.78, 5) is 11.1. The topological polar surface area (TPSA) is 64.6 Å². The number of hydrogen-bond donors (Lipinski definition) is 3. The van der Waals surface area contributed by atoms with Crippen LogP contribution in [0.3, 0.4) is 0 Å². The van der Waals surface area contributed by atoms with E-state index >= 15 is 0 Å². The maximum atomic E-state index is 11.1. The fourth-order valence-electron chi connectivity index (χ4n) is 1.90. The highest BCUT2D eigenvalue weighted by atomic mass is 16.4. The van der Waals surface area contributed by atoms with Gasteiger partial charge in [-0.3, -0.25) is 0 Å². The van der Waals surface area contributed by atoms with Gasteiger partial charge in [0, 0.05) is 25.3 Å². The maximum Gasteiger partial charge on any atom is 0.329 e. The molecule has 2 aliphatic heterocycles. The number of piperazine rings is 1. The number of rotatable bonds is 2. The van der Waals surface area contributed by atoms with E-state index in [9.17, 15) is 4.79 Å². The predicted molar refractivity (Wildman–Crippen MR) is 51.5 cm³/mol. The van der Waals surface area contributed by atoms with E-state index in [1.54, 1.807) is 0 Å². The smallest absolute Gasteiger partial charge is 0.329 e. The Balaban J connectivity index is 2.24. The fraction of sp³-hybridized carbons (Fsp3) is 0.667. The molecule has 1 fully saturated rings. The van der Waals surface area contributed by atoms with Crippen molar-refractivity contribution in [3.8, 4) is 0 Å². The van der Waals surface area contributed by atoms with Crippen molar-refractivity contribution in [2.45, 2.75) is 18.9 Å². The number of carboxylic acids is 1. The van der Waals surface area contributed by atoms with Gasteiger partial charge >= 0.3 is 5.97 Å². The molecule has 0 aliphatic carbocycles. The maximum absolute atomic E-state index is 11.1. The number of nitrogens with one attached hydrogen (secondary N) is 2. The van der Waals surface area contributed by atoms with E-state index < -0.39 is 11.5 Å². The Morgan fingerprint density at radius 3 is 3.14 bits per heavy atom. The molecule has 78 valence electrons. The molecule has 0 aromatic heterocycles. The fourth-order valence-corrected chi connectivity index (χ4v) is 1.90. The van der Waals surface area contributed by atoms with E-state index in [0.717, 1.165) is 25.3 Å². The summed E-state index contributed by atoms with van der Waals surface area (Å²) in [6, 6.07) is 0. The first-order valence-corrected chi connectivity index (χ1v) is 4.89. The standard InChI is InChI=1S/C9H15N3O2/c1-2-9(8(13)14)5-7-6-10-3-4-12(7)11-9/h5,10-11H,2-4,6H2,1H3,(H,13,14). The van der Waals surface area contributed by atoms with Crippen LogP contribution >= 0.6 is 0 Å². The predicted octanol–water partition coefficient (Wildman–Crippen LogP) is -0.473. The summed E-state index contributed by atoms with van der Waals surface area (Å²) < 4.78 is 0. The van der Waals surface area contributed by atoms with E-state index in [-0.39, 0.29) is 0 Å². The SMILES string of the molecule is CCC1(C(=O)O)C=C2CNCCN2N1. The third-order valence-corrected chi connectivity index (χ3v) is 2.85. The summed E-state index contributed by atoms with van der Waals surface area (Å²) in [5, 5.41) is 14.3. The van der Waals surface area contributed by atoms with E-state index in [4.69, 9.17) is 5.11 Å². The van der Waals surface area contributed by atoms with Gasteiger partial charge < -0.3 is 15.4 Å². The van der Waals surface area contributed by atoms with Gasteiger partial charge in [-0.2, -0.15) is 0 Å². The molecule has 0 amide bonds. The monoisotopic (exact) mass is 197 g/mol. The zero-order valence-corrected chi connectivity index (χ0v) is 8.21. The normalized spacial score (nSPS) is 31.2. The van der Waals surface area contributed by atoms with Crippen LogP contribution in [-0.4, -0.2) is 41.3 Å². The van der Waals surface area contributed by atoms with Crippen LogP contribution in [0.1, 0.15) is 13.3 Å². The first-order valence-electron chi connectivity index (χ1n) is 4.89. The van der Waals surface area contributed by atoms with E-state index in [1.165, 1.54) is 0 Å². The molecule has 0 radical (unpaired) electrons. The first kappa shape index (κ1) is 9.48. The molecule has 5 nitrogen and oxygen atoms in total. The molecule has 1 unspecified atom stereocenters. The van der Waals surface area contributed by atoms with Crippen molar-refractivity contribution >= 4 is 5.97 Å². The minimum absolute atomic E-state index is 0.558. The lowest BCUT2D eigenvalue weighted by molar-refractivity contribution is -0.144. The lowest BCUT2D eigenvalue weighted by Crippen LogP contribution is -2.54. The zero-order valence-electron chi connectivity index (χ0n) is 8.21. The molecule has 5 heteroatoms. The summed E-state index contributed by atoms with van der Waals surface area (Å²) in [5.74, 6) is -0.804. The van der Waals surface area contributed by atoms with Crippen LogP contribution in [0.25, 0.3) is 0 Å². The molecule has 3 N–H and O–H groups in total. The molecule has 1 atom stereocenters. The lowest BCUT2D eigenvalue weighted by Gasteiger charge is -2.30. The average Bonchev–Trinajstić information content (AvgIpc) is 2.57. The largest absolute Gasteiger partial charge is 0.480 e. The summed E-state index contributed by atoms with van der Waals surface area (Å²) in [6.07, 6.45) is 2.38. The molecular weight excluding hydrogens is 182 g/mol. The number of nitrogens with zero attached hydrogens (tertiary/aromatic N) is 1. The van der Waals surface area contributed by atoms with Crippen LogP contribution in [-0.2, 0) is 4.79 Å². The number of hydrogen-bond acceptors (Lipinski definition) is 4. The Morgan fingerprint density at radius 1 is 1.79 bits per heavy atom. The van der Waals surface area contributed by atoms with Crippen LogP contribution in [0.15, 0.2) is 11.8 Å². The Labute approximate surface area is 82.7 Å². The van der Waals surface area contributed by atoms with Gasteiger partial charge in [-0.1, -0.05) is 6.92 Å². The number of fused-ring (bicyclic) bond motifs is 1. The van der Waals surface area contributed by atoms with Crippen molar-refractivity contribution in [1.29, 1.82) is 0 Å². The zero-order chi connectivity index (χ0) is 10.2. The molecule has 2 aliphatic rings. The molecule has 0 spiro atoms. The van der Waals surface area contributed by atoms with Gasteiger partial charge in [0.1, 0.15) is 0 Å². The van der Waals surface area contributed by atoms with Gasteiger partial charge in [0.2, 0.25) is 0 Å². The van der Waals surface area contributed by atoms with Gasteiger partial charge in [-0.05, 0) is 12.5 Å². The van der Waals surface area contributed by atoms with Crippen molar-refractivity contribution in [3.05, 3.63) is 11.8 Å². The van der Waals surface area contributed by atoms with Gasteiger partial charge in [0.05, 0.1) is 0 Å². The minimum Gasteiger partial charge on any atom is -0.480 e. The van der Waals surface area contributed by atoms with Crippen LogP contribution < -0.4 is 10.7 Å². The molecule has 0 aromatic carbocycles. The summed E-state index contributed by atoms with van der Waals surface area (Å²) >= 11 is 0. The molecular formula is C9H15N3O2. The first-order chi connectivity index (χ1) is 6.68. The third-order valence-electron chi connectivity index (χ3n) is 2.85. The second kappa shape index (κ2) is 3.25. The highest BCUT2D eigenvalue weighted by molar-refractivity contribution is 5.82. The van der Waals surface area contributed by atoms with Gasteiger partial charge in [-0.25, -0.2) is 10.2 Å². The van der Waals surface area contributed by atoms with Gasteiger partial charge in [0.15, 0.2) is 5.54 Å². The van der Waals surface area contributed by atoms with Crippen LogP contribution in [0.5, 0.6) is 0 Å². The highest BCUT2D eigenvalue weighted by Crippen LogP contribution is 2.25. The van der Waals surface area contributed by atoms with Crippen molar-refractivity contribution in [3.63, 3.8) is 0 Å². The van der Waals surface area contributed by atoms with Crippen LogP contribution in [0.2, 0.25) is 0 Å². The molecule has 0 bridgehead atoms. The number of carbonyl (C=O) groups is 1. The third kappa shape index (κ3) is 1.29.